The first-order valence-corrected chi connectivity index (χ1v) is 5.01. The highest BCUT2D eigenvalue weighted by Gasteiger charge is 2.38. The van der Waals surface area contributed by atoms with Crippen LogP contribution in [0.4, 0.5) is 8.78 Å². The Morgan fingerprint density at radius 3 is 2.13 bits per heavy atom. The average Bonchev–Trinajstić information content (AvgIpc) is 2.12. The van der Waals surface area contributed by atoms with Crippen LogP contribution in [0.5, 0.6) is 0 Å². The maximum absolute atomic E-state index is 12.5. The van der Waals surface area contributed by atoms with Gasteiger partial charge in [-0.1, -0.05) is 34.8 Å². The predicted octanol–water partition coefficient (Wildman–Crippen LogP) is 4.66. The fourth-order valence-electron chi connectivity index (χ4n) is 0.854. The van der Waals surface area contributed by atoms with E-state index in [9.17, 15) is 13.6 Å². The normalized spacial score (nSPS) is 11.6. The van der Waals surface area contributed by atoms with Crippen LogP contribution in [0.15, 0.2) is 12.1 Å². The van der Waals surface area contributed by atoms with E-state index in [1.165, 1.54) is 6.07 Å². The Morgan fingerprint density at radius 1 is 1.13 bits per heavy atom. The van der Waals surface area contributed by atoms with Gasteiger partial charge in [0.15, 0.2) is 0 Å². The second-order valence-corrected chi connectivity index (χ2v) is 4.19. The Kier molecular flexibility index (Phi) is 3.82. The minimum absolute atomic E-state index is 0.0658. The fourth-order valence-corrected chi connectivity index (χ4v) is 1.58. The van der Waals surface area contributed by atoms with Gasteiger partial charge < -0.3 is 0 Å². The van der Waals surface area contributed by atoms with Crippen molar-refractivity contribution >= 4 is 52.2 Å². The standard InChI is InChI=1S/C8H2Cl4F2O/c9-4-2-1-3(5(10)6(4)11)7(15)8(12,13)14/h1-2H. The molecule has 1 rings (SSSR count). The van der Waals surface area contributed by atoms with Gasteiger partial charge in [0.25, 0.3) is 0 Å². The minimum atomic E-state index is -4.01. The molecule has 0 aromatic heterocycles. The lowest BCUT2D eigenvalue weighted by Gasteiger charge is -2.09. The molecule has 0 saturated carbocycles. The molecule has 0 bridgehead atoms. The van der Waals surface area contributed by atoms with Gasteiger partial charge in [0, 0.05) is 5.56 Å². The largest absolute Gasteiger partial charge is 0.384 e. The lowest BCUT2D eigenvalue weighted by Crippen LogP contribution is -2.21. The molecule has 0 atom stereocenters. The SMILES string of the molecule is O=C(c1ccc(Cl)c(Cl)c1Cl)C(F)(F)Cl. The number of alkyl halides is 3. The molecular formula is C8H2Cl4F2O. The van der Waals surface area contributed by atoms with Crippen molar-refractivity contribution in [3.05, 3.63) is 32.8 Å². The third-order valence-corrected chi connectivity index (χ3v) is 3.00. The van der Waals surface area contributed by atoms with E-state index in [0.29, 0.717) is 0 Å². The van der Waals surface area contributed by atoms with Gasteiger partial charge in [-0.05, 0) is 23.7 Å². The van der Waals surface area contributed by atoms with Gasteiger partial charge in [0.05, 0.1) is 15.1 Å². The molecule has 0 aliphatic heterocycles. The van der Waals surface area contributed by atoms with Crippen molar-refractivity contribution in [3.63, 3.8) is 0 Å². The Morgan fingerprint density at radius 2 is 1.67 bits per heavy atom. The Labute approximate surface area is 104 Å². The van der Waals surface area contributed by atoms with Gasteiger partial charge in [0.1, 0.15) is 0 Å². The molecule has 0 unspecified atom stereocenters. The molecule has 82 valence electrons. The van der Waals surface area contributed by atoms with Crippen LogP contribution in [0.1, 0.15) is 10.4 Å². The third-order valence-electron chi connectivity index (χ3n) is 1.54. The van der Waals surface area contributed by atoms with E-state index in [4.69, 9.17) is 34.8 Å². The highest BCUT2D eigenvalue weighted by atomic mass is 35.5. The lowest BCUT2D eigenvalue weighted by molar-refractivity contribution is 0.0536. The molecule has 0 N–H and O–H groups in total. The number of carbonyl (C=O) groups is 1. The molecule has 1 nitrogen and oxygen atoms in total. The monoisotopic (exact) mass is 292 g/mol. The van der Waals surface area contributed by atoms with Crippen molar-refractivity contribution < 1.29 is 13.6 Å². The zero-order chi connectivity index (χ0) is 11.8. The summed E-state index contributed by atoms with van der Waals surface area (Å²) in [6.45, 7) is 0. The van der Waals surface area contributed by atoms with Crippen molar-refractivity contribution in [2.75, 3.05) is 0 Å². The van der Waals surface area contributed by atoms with Crippen LogP contribution in [-0.4, -0.2) is 11.2 Å². The van der Waals surface area contributed by atoms with Gasteiger partial charge in [-0.3, -0.25) is 4.79 Å². The molecule has 0 fully saturated rings. The maximum atomic E-state index is 12.5. The highest BCUT2D eigenvalue weighted by Crippen LogP contribution is 2.36. The molecule has 15 heavy (non-hydrogen) atoms. The van der Waals surface area contributed by atoms with Gasteiger partial charge in [-0.25, -0.2) is 0 Å². The van der Waals surface area contributed by atoms with Crippen LogP contribution < -0.4 is 0 Å². The van der Waals surface area contributed by atoms with E-state index in [1.54, 1.807) is 0 Å². The van der Waals surface area contributed by atoms with Crippen molar-refractivity contribution in [1.29, 1.82) is 0 Å². The molecular weight excluding hydrogens is 292 g/mol. The van der Waals surface area contributed by atoms with Gasteiger partial charge in [0.2, 0.25) is 5.78 Å². The molecule has 1 aromatic rings. The zero-order valence-electron chi connectivity index (χ0n) is 6.83. The summed E-state index contributed by atoms with van der Waals surface area (Å²) >= 11 is 21.3. The number of benzene rings is 1. The summed E-state index contributed by atoms with van der Waals surface area (Å²) in [4.78, 5) is 11.1. The van der Waals surface area contributed by atoms with Gasteiger partial charge >= 0.3 is 5.38 Å². The Bertz CT molecular complexity index is 414. The number of halogens is 6. The Hall–Kier alpha value is -0.0900. The molecule has 0 saturated heterocycles. The first kappa shape index (κ1) is 13.0. The third kappa shape index (κ3) is 2.72. The first-order chi connectivity index (χ1) is 6.75. The first-order valence-electron chi connectivity index (χ1n) is 3.50. The molecule has 0 aliphatic rings. The van der Waals surface area contributed by atoms with Crippen LogP contribution in [-0.2, 0) is 0 Å². The average molecular weight is 294 g/mol. The molecule has 0 radical (unpaired) electrons. The number of hydrogen-bond donors (Lipinski definition) is 0. The van der Waals surface area contributed by atoms with E-state index in [2.05, 4.69) is 11.6 Å². The van der Waals surface area contributed by atoms with Crippen molar-refractivity contribution in [2.45, 2.75) is 5.38 Å². The van der Waals surface area contributed by atoms with E-state index in [0.717, 1.165) is 6.07 Å². The van der Waals surface area contributed by atoms with E-state index in [1.807, 2.05) is 0 Å². The van der Waals surface area contributed by atoms with Crippen LogP contribution in [0.3, 0.4) is 0 Å². The van der Waals surface area contributed by atoms with E-state index in [-0.39, 0.29) is 15.1 Å². The number of carbonyl (C=O) groups excluding carboxylic acids is 1. The molecule has 0 aliphatic carbocycles. The number of Topliss-reactive ketones (excluding diaryl/α,β-unsaturated/α-hetero) is 1. The second kappa shape index (κ2) is 4.42. The Balaban J connectivity index is 3.29. The smallest absolute Gasteiger partial charge is 0.286 e. The van der Waals surface area contributed by atoms with Crippen LogP contribution in [0.2, 0.25) is 15.1 Å². The number of rotatable bonds is 2. The molecule has 7 heteroatoms. The van der Waals surface area contributed by atoms with Crippen molar-refractivity contribution in [2.24, 2.45) is 0 Å². The lowest BCUT2D eigenvalue weighted by atomic mass is 10.1. The van der Waals surface area contributed by atoms with E-state index >= 15 is 0 Å². The number of hydrogen-bond acceptors (Lipinski definition) is 1. The summed E-state index contributed by atoms with van der Waals surface area (Å²) in [5.41, 5.74) is -0.467. The quantitative estimate of drug-likeness (QED) is 0.440. The van der Waals surface area contributed by atoms with Crippen LogP contribution in [0, 0.1) is 0 Å². The van der Waals surface area contributed by atoms with Gasteiger partial charge in [-0.2, -0.15) is 8.78 Å². The van der Waals surface area contributed by atoms with Crippen molar-refractivity contribution in [3.8, 4) is 0 Å². The minimum Gasteiger partial charge on any atom is -0.286 e. The predicted molar refractivity (Wildman–Crippen MR) is 56.6 cm³/mol. The van der Waals surface area contributed by atoms with Crippen molar-refractivity contribution in [1.82, 2.24) is 0 Å². The zero-order valence-corrected chi connectivity index (χ0v) is 9.85. The maximum Gasteiger partial charge on any atom is 0.384 e. The fraction of sp³-hybridized carbons (Fsp3) is 0.125. The summed E-state index contributed by atoms with van der Waals surface area (Å²) < 4.78 is 25.0. The molecule has 0 heterocycles. The summed E-state index contributed by atoms with van der Waals surface area (Å²) in [6.07, 6.45) is 0. The number of ketones is 1. The molecule has 0 amide bonds. The van der Waals surface area contributed by atoms with Crippen LogP contribution in [0.25, 0.3) is 0 Å². The van der Waals surface area contributed by atoms with Gasteiger partial charge in [-0.15, -0.1) is 0 Å². The topological polar surface area (TPSA) is 17.1 Å². The summed E-state index contributed by atoms with van der Waals surface area (Å²) in [6, 6.07) is 2.22. The molecule has 0 spiro atoms. The van der Waals surface area contributed by atoms with Crippen LogP contribution >= 0.6 is 46.4 Å². The summed E-state index contributed by atoms with van der Waals surface area (Å²) in [7, 11) is 0. The van der Waals surface area contributed by atoms with E-state index < -0.39 is 16.7 Å². The second-order valence-electron chi connectivity index (χ2n) is 2.55. The molecule has 1 aromatic carbocycles. The summed E-state index contributed by atoms with van der Waals surface area (Å²) in [5, 5.41) is -4.45. The summed E-state index contributed by atoms with van der Waals surface area (Å²) in [5.74, 6) is -1.62. The highest BCUT2D eigenvalue weighted by molar-refractivity contribution is 6.50.